The summed E-state index contributed by atoms with van der Waals surface area (Å²) < 4.78 is 4.75. The predicted molar refractivity (Wildman–Crippen MR) is 62.1 cm³/mol. The molecule has 2 N–H and O–H groups in total. The molecule has 0 bridgehead atoms. The molecule has 0 atom stereocenters. The van der Waals surface area contributed by atoms with E-state index in [2.05, 4.69) is 4.98 Å². The molecule has 0 aliphatic carbocycles. The van der Waals surface area contributed by atoms with Crippen LogP contribution in [0.25, 0.3) is 17.0 Å². The van der Waals surface area contributed by atoms with Crippen molar-refractivity contribution in [1.82, 2.24) is 4.98 Å². The highest BCUT2D eigenvalue weighted by Crippen LogP contribution is 2.18. The first kappa shape index (κ1) is 9.52. The van der Waals surface area contributed by atoms with E-state index in [0.29, 0.717) is 0 Å². The Morgan fingerprint density at radius 3 is 3.00 bits per heavy atom. The van der Waals surface area contributed by atoms with Gasteiger partial charge in [-0.1, -0.05) is 18.2 Å². The Labute approximate surface area is 87.9 Å². The molecular formula is C12H12N2O. The summed E-state index contributed by atoms with van der Waals surface area (Å²) in [5, 5.41) is 8.48. The highest BCUT2D eigenvalue weighted by molar-refractivity contribution is 5.94. The van der Waals surface area contributed by atoms with Crippen molar-refractivity contribution in [2.24, 2.45) is 0 Å². The number of fused-ring (bicyclic) bond motifs is 1. The second-order valence-electron chi connectivity index (χ2n) is 3.19. The number of aromatic amines is 1. The van der Waals surface area contributed by atoms with Crippen LogP contribution in [0.3, 0.4) is 0 Å². The Balaban J connectivity index is 2.36. The fourth-order valence-corrected chi connectivity index (χ4v) is 1.47. The molecule has 0 spiro atoms. The lowest BCUT2D eigenvalue weighted by Gasteiger charge is -1.93. The van der Waals surface area contributed by atoms with E-state index >= 15 is 0 Å². The van der Waals surface area contributed by atoms with E-state index < -0.39 is 0 Å². The van der Waals surface area contributed by atoms with E-state index in [0.717, 1.165) is 16.5 Å². The molecule has 0 aliphatic rings. The average molecular weight is 200 g/mol. The summed E-state index contributed by atoms with van der Waals surface area (Å²) in [6.45, 7) is 0. The van der Waals surface area contributed by atoms with E-state index in [1.807, 2.05) is 36.5 Å². The normalized spacial score (nSPS) is 11.0. The van der Waals surface area contributed by atoms with Gasteiger partial charge in [-0.25, -0.2) is 0 Å². The number of H-pyrrole nitrogens is 1. The number of rotatable bonds is 2. The number of aromatic nitrogens is 1. The summed E-state index contributed by atoms with van der Waals surface area (Å²) in [6, 6.07) is 8.05. The van der Waals surface area contributed by atoms with Gasteiger partial charge in [0.05, 0.1) is 7.11 Å². The summed E-state index contributed by atoms with van der Waals surface area (Å²) in [5.41, 5.74) is 2.16. The van der Waals surface area contributed by atoms with E-state index in [1.165, 1.54) is 7.11 Å². The van der Waals surface area contributed by atoms with Crippen LogP contribution in [-0.4, -0.2) is 18.0 Å². The van der Waals surface area contributed by atoms with Crippen LogP contribution in [0, 0.1) is 5.41 Å². The lowest BCUT2D eigenvalue weighted by molar-refractivity contribution is 0.403. The average Bonchev–Trinajstić information content (AvgIpc) is 2.69. The fraction of sp³-hybridized carbons (Fsp3) is 0.0833. The maximum Gasteiger partial charge on any atom is 0.205 e. The molecule has 1 heterocycles. The van der Waals surface area contributed by atoms with Crippen LogP contribution in [0.5, 0.6) is 0 Å². The number of hydrogen-bond donors (Lipinski definition) is 2. The van der Waals surface area contributed by atoms with Gasteiger partial charge in [0.2, 0.25) is 5.90 Å². The van der Waals surface area contributed by atoms with E-state index in [-0.39, 0.29) is 5.90 Å². The fourth-order valence-electron chi connectivity index (χ4n) is 1.47. The van der Waals surface area contributed by atoms with Crippen molar-refractivity contribution < 1.29 is 4.74 Å². The molecule has 0 unspecified atom stereocenters. The molecular weight excluding hydrogens is 188 g/mol. The van der Waals surface area contributed by atoms with E-state index in [9.17, 15) is 0 Å². The van der Waals surface area contributed by atoms with Crippen molar-refractivity contribution in [3.63, 3.8) is 0 Å². The van der Waals surface area contributed by atoms with E-state index in [1.54, 1.807) is 6.08 Å². The number of methoxy groups -OCH3 is 1. The van der Waals surface area contributed by atoms with Gasteiger partial charge in [-0.05, 0) is 17.7 Å². The van der Waals surface area contributed by atoms with Crippen molar-refractivity contribution in [1.29, 1.82) is 5.41 Å². The van der Waals surface area contributed by atoms with Gasteiger partial charge in [0.25, 0.3) is 0 Å². The number of hydrogen-bond acceptors (Lipinski definition) is 2. The third kappa shape index (κ3) is 1.91. The van der Waals surface area contributed by atoms with Gasteiger partial charge in [0.1, 0.15) is 0 Å². The van der Waals surface area contributed by atoms with Crippen molar-refractivity contribution in [3.05, 3.63) is 42.1 Å². The minimum atomic E-state index is 0.153. The quantitative estimate of drug-likeness (QED) is 0.568. The van der Waals surface area contributed by atoms with Crippen molar-refractivity contribution in [2.75, 3.05) is 7.11 Å². The molecule has 1 aromatic heterocycles. The minimum absolute atomic E-state index is 0.153. The first-order valence-corrected chi connectivity index (χ1v) is 4.68. The van der Waals surface area contributed by atoms with Gasteiger partial charge in [-0.3, -0.25) is 5.41 Å². The first-order chi connectivity index (χ1) is 7.31. The number of nitrogens with one attached hydrogen (secondary N) is 2. The molecule has 3 heteroatoms. The molecule has 15 heavy (non-hydrogen) atoms. The molecule has 76 valence electrons. The van der Waals surface area contributed by atoms with E-state index in [4.69, 9.17) is 10.1 Å². The largest absolute Gasteiger partial charge is 0.481 e. The highest BCUT2D eigenvalue weighted by Gasteiger charge is 1.98. The predicted octanol–water partition coefficient (Wildman–Crippen LogP) is 2.80. The van der Waals surface area contributed by atoms with Crippen molar-refractivity contribution in [3.8, 4) is 0 Å². The second kappa shape index (κ2) is 4.00. The number of benzene rings is 1. The summed E-state index contributed by atoms with van der Waals surface area (Å²) in [5.74, 6) is 0.153. The molecule has 2 aromatic rings. The highest BCUT2D eigenvalue weighted by atomic mass is 16.5. The second-order valence-corrected chi connectivity index (χ2v) is 3.19. The monoisotopic (exact) mass is 200 g/mol. The maximum atomic E-state index is 7.33. The van der Waals surface area contributed by atoms with Gasteiger partial charge in [0, 0.05) is 23.2 Å². The molecule has 0 aliphatic heterocycles. The zero-order chi connectivity index (χ0) is 10.7. The van der Waals surface area contributed by atoms with Crippen LogP contribution in [0.4, 0.5) is 0 Å². The molecule has 0 amide bonds. The Morgan fingerprint density at radius 2 is 2.20 bits per heavy atom. The van der Waals surface area contributed by atoms with Gasteiger partial charge in [0.15, 0.2) is 0 Å². The SMILES string of the molecule is COC(=N)/C=C/c1c[nH]c2ccccc12. The summed E-state index contributed by atoms with van der Waals surface area (Å²) in [6.07, 6.45) is 5.42. The molecule has 0 saturated heterocycles. The van der Waals surface area contributed by atoms with Crippen LogP contribution in [0.2, 0.25) is 0 Å². The molecule has 0 saturated carbocycles. The summed E-state index contributed by atoms with van der Waals surface area (Å²) in [7, 11) is 1.49. The Hall–Kier alpha value is -2.03. The smallest absolute Gasteiger partial charge is 0.205 e. The molecule has 0 fully saturated rings. The molecule has 3 nitrogen and oxygen atoms in total. The molecule has 0 radical (unpaired) electrons. The van der Waals surface area contributed by atoms with Crippen LogP contribution < -0.4 is 0 Å². The third-order valence-electron chi connectivity index (χ3n) is 2.26. The van der Waals surface area contributed by atoms with Crippen LogP contribution in [0.15, 0.2) is 36.5 Å². The molecule has 1 aromatic carbocycles. The minimum Gasteiger partial charge on any atom is -0.481 e. The molecule has 2 rings (SSSR count). The topological polar surface area (TPSA) is 48.9 Å². The van der Waals surface area contributed by atoms with Gasteiger partial charge in [-0.15, -0.1) is 0 Å². The Bertz CT molecular complexity index is 511. The summed E-state index contributed by atoms with van der Waals surface area (Å²) in [4.78, 5) is 3.17. The van der Waals surface area contributed by atoms with Crippen LogP contribution in [0.1, 0.15) is 5.56 Å². The summed E-state index contributed by atoms with van der Waals surface area (Å²) >= 11 is 0. The van der Waals surface area contributed by atoms with Crippen LogP contribution >= 0.6 is 0 Å². The lowest BCUT2D eigenvalue weighted by atomic mass is 10.1. The maximum absolute atomic E-state index is 7.33. The lowest BCUT2D eigenvalue weighted by Crippen LogP contribution is -1.91. The number of para-hydroxylation sites is 1. The van der Waals surface area contributed by atoms with Crippen molar-refractivity contribution >= 4 is 22.9 Å². The zero-order valence-corrected chi connectivity index (χ0v) is 8.45. The van der Waals surface area contributed by atoms with Gasteiger partial charge < -0.3 is 9.72 Å². The third-order valence-corrected chi connectivity index (χ3v) is 2.26. The Kier molecular flexibility index (Phi) is 2.54. The van der Waals surface area contributed by atoms with Crippen molar-refractivity contribution in [2.45, 2.75) is 0 Å². The standard InChI is InChI=1S/C12H12N2O/c1-15-12(13)7-6-9-8-14-11-5-3-2-4-10(9)11/h2-8,13-14H,1H3/b7-6+,13-12?. The first-order valence-electron chi connectivity index (χ1n) is 4.68. The van der Waals surface area contributed by atoms with Gasteiger partial charge in [-0.2, -0.15) is 0 Å². The van der Waals surface area contributed by atoms with Gasteiger partial charge >= 0.3 is 0 Å². The van der Waals surface area contributed by atoms with Crippen LogP contribution in [-0.2, 0) is 4.74 Å². The number of ether oxygens (including phenoxy) is 1. The Morgan fingerprint density at radius 1 is 1.40 bits per heavy atom. The zero-order valence-electron chi connectivity index (χ0n) is 8.45.